The number of ether oxygens (including phenoxy) is 1. The molecule has 1 aromatic carbocycles. The average molecular weight is 477 g/mol. The molecule has 0 N–H and O–H groups in total. The molecule has 1 aromatic heterocycles. The third-order valence-electron chi connectivity index (χ3n) is 5.71. The van der Waals surface area contributed by atoms with E-state index in [1.165, 1.54) is 4.88 Å². The molecule has 0 radical (unpaired) electrons. The normalized spacial score (nSPS) is 15.6. The zero-order valence-electron chi connectivity index (χ0n) is 19.4. The van der Waals surface area contributed by atoms with Gasteiger partial charge in [-0.1, -0.05) is 32.4 Å². The topological polar surface area (TPSA) is 49.9 Å². The first kappa shape index (κ1) is 24.6. The van der Waals surface area contributed by atoms with Gasteiger partial charge in [-0.2, -0.15) is 0 Å². The van der Waals surface area contributed by atoms with Gasteiger partial charge < -0.3 is 14.5 Å². The molecule has 3 rings (SSSR count). The highest BCUT2D eigenvalue weighted by molar-refractivity contribution is 7.10. The number of halogens is 1. The molecule has 174 valence electrons. The highest BCUT2D eigenvalue weighted by Crippen LogP contribution is 2.34. The maximum atomic E-state index is 13.4. The van der Waals surface area contributed by atoms with Gasteiger partial charge in [0.25, 0.3) is 0 Å². The van der Waals surface area contributed by atoms with Crippen LogP contribution in [-0.4, -0.2) is 47.9 Å². The van der Waals surface area contributed by atoms with Crippen molar-refractivity contribution in [2.24, 2.45) is 5.92 Å². The number of aryl methyl sites for hydroxylation is 1. The van der Waals surface area contributed by atoms with Crippen molar-refractivity contribution < 1.29 is 14.3 Å². The molecule has 2 heterocycles. The number of thiophene rings is 1. The summed E-state index contributed by atoms with van der Waals surface area (Å²) >= 11 is 7.87. The van der Waals surface area contributed by atoms with Crippen molar-refractivity contribution in [1.82, 2.24) is 9.80 Å². The van der Waals surface area contributed by atoms with E-state index in [0.717, 1.165) is 29.7 Å². The van der Waals surface area contributed by atoms with Gasteiger partial charge in [0.15, 0.2) is 0 Å². The summed E-state index contributed by atoms with van der Waals surface area (Å²) in [5.74, 6) is 1.03. The predicted molar refractivity (Wildman–Crippen MR) is 130 cm³/mol. The maximum Gasteiger partial charge on any atom is 0.242 e. The van der Waals surface area contributed by atoms with E-state index in [1.54, 1.807) is 16.2 Å². The first-order valence-corrected chi connectivity index (χ1v) is 12.6. The molecule has 2 aromatic rings. The van der Waals surface area contributed by atoms with Crippen LogP contribution in [0.25, 0.3) is 0 Å². The number of carbonyl (C=O) groups excluding carboxylic acids is 2. The zero-order chi connectivity index (χ0) is 23.3. The summed E-state index contributed by atoms with van der Waals surface area (Å²) in [4.78, 5) is 31.0. The smallest absolute Gasteiger partial charge is 0.242 e. The Bertz CT molecular complexity index is 943. The van der Waals surface area contributed by atoms with Gasteiger partial charge in [-0.25, -0.2) is 0 Å². The minimum atomic E-state index is -0.169. The lowest BCUT2D eigenvalue weighted by atomic mass is 10.00. The molecular formula is C25H33ClN2O3S. The minimum Gasteiger partial charge on any atom is -0.491 e. The Morgan fingerprint density at radius 1 is 1.31 bits per heavy atom. The highest BCUT2D eigenvalue weighted by atomic mass is 35.5. The minimum absolute atomic E-state index is 0.0201. The molecular weight excluding hydrogens is 444 g/mol. The maximum absolute atomic E-state index is 13.4. The van der Waals surface area contributed by atoms with Gasteiger partial charge in [0.2, 0.25) is 11.8 Å². The Hall–Kier alpha value is -2.05. The molecule has 2 amide bonds. The van der Waals surface area contributed by atoms with Crippen LogP contribution in [0.2, 0.25) is 5.02 Å². The zero-order valence-corrected chi connectivity index (χ0v) is 21.0. The van der Waals surface area contributed by atoms with E-state index in [1.807, 2.05) is 50.8 Å². The Morgan fingerprint density at radius 2 is 2.09 bits per heavy atom. The fourth-order valence-electron chi connectivity index (χ4n) is 4.05. The van der Waals surface area contributed by atoms with Crippen LogP contribution in [0.4, 0.5) is 0 Å². The van der Waals surface area contributed by atoms with Gasteiger partial charge in [0, 0.05) is 29.4 Å². The largest absolute Gasteiger partial charge is 0.491 e. The summed E-state index contributed by atoms with van der Waals surface area (Å²) in [6.45, 7) is 9.75. The molecule has 7 heteroatoms. The highest BCUT2D eigenvalue weighted by Gasteiger charge is 2.33. The number of rotatable bonds is 9. The number of fused-ring (bicyclic) bond motifs is 1. The number of carbonyl (C=O) groups is 2. The third-order valence-corrected chi connectivity index (χ3v) is 7.13. The Balaban J connectivity index is 1.76. The summed E-state index contributed by atoms with van der Waals surface area (Å²) in [7, 11) is 0. The number of hydrogen-bond donors (Lipinski definition) is 0. The lowest BCUT2D eigenvalue weighted by molar-refractivity contribution is -0.143. The second-order valence-corrected chi connectivity index (χ2v) is 10.2. The van der Waals surface area contributed by atoms with Crippen LogP contribution >= 0.6 is 22.9 Å². The Labute approximate surface area is 200 Å². The lowest BCUT2D eigenvalue weighted by Crippen LogP contribution is -2.48. The van der Waals surface area contributed by atoms with E-state index in [0.29, 0.717) is 31.1 Å². The number of amides is 2. The number of hydrogen-bond acceptors (Lipinski definition) is 4. The molecule has 1 aliphatic rings. The summed E-state index contributed by atoms with van der Waals surface area (Å²) in [5.41, 5.74) is 2.10. The van der Waals surface area contributed by atoms with Gasteiger partial charge >= 0.3 is 0 Å². The van der Waals surface area contributed by atoms with E-state index in [2.05, 4.69) is 11.4 Å². The Morgan fingerprint density at radius 3 is 2.78 bits per heavy atom. The lowest BCUT2D eigenvalue weighted by Gasteiger charge is -2.37. The fraction of sp³-hybridized carbons (Fsp3) is 0.520. The monoisotopic (exact) mass is 476 g/mol. The summed E-state index contributed by atoms with van der Waals surface area (Å²) in [6.07, 6.45) is 2.13. The predicted octanol–water partition coefficient (Wildman–Crippen LogP) is 5.50. The van der Waals surface area contributed by atoms with E-state index in [9.17, 15) is 9.59 Å². The summed E-state index contributed by atoms with van der Waals surface area (Å²) < 4.78 is 6.11. The van der Waals surface area contributed by atoms with Gasteiger partial charge in [-0.05, 0) is 66.5 Å². The molecule has 0 saturated heterocycles. The molecule has 0 spiro atoms. The summed E-state index contributed by atoms with van der Waals surface area (Å²) in [5, 5.41) is 2.78. The molecule has 1 atom stereocenters. The van der Waals surface area contributed by atoms with Crippen LogP contribution in [-0.2, 0) is 16.0 Å². The second kappa shape index (κ2) is 11.2. The molecule has 0 fully saturated rings. The van der Waals surface area contributed by atoms with Crippen molar-refractivity contribution >= 4 is 34.8 Å². The first-order chi connectivity index (χ1) is 15.3. The first-order valence-electron chi connectivity index (χ1n) is 11.3. The molecule has 0 aliphatic carbocycles. The molecule has 0 unspecified atom stereocenters. The number of nitrogens with zero attached hydrogens (tertiary/aromatic N) is 2. The van der Waals surface area contributed by atoms with Crippen LogP contribution in [0, 0.1) is 12.8 Å². The van der Waals surface area contributed by atoms with Crippen molar-refractivity contribution in [2.75, 3.05) is 26.2 Å². The molecule has 32 heavy (non-hydrogen) atoms. The van der Waals surface area contributed by atoms with Gasteiger partial charge in [0.05, 0.1) is 12.6 Å². The van der Waals surface area contributed by atoms with E-state index in [4.69, 9.17) is 16.3 Å². The van der Waals surface area contributed by atoms with Gasteiger partial charge in [-0.3, -0.25) is 9.59 Å². The van der Waals surface area contributed by atoms with Crippen molar-refractivity contribution in [1.29, 1.82) is 0 Å². The van der Waals surface area contributed by atoms with Crippen LogP contribution < -0.4 is 4.74 Å². The average Bonchev–Trinajstić information content (AvgIpc) is 3.22. The molecule has 5 nitrogen and oxygen atoms in total. The van der Waals surface area contributed by atoms with E-state index < -0.39 is 0 Å². The second-order valence-electron chi connectivity index (χ2n) is 8.79. The third kappa shape index (κ3) is 6.04. The van der Waals surface area contributed by atoms with Crippen LogP contribution in [0.5, 0.6) is 5.75 Å². The van der Waals surface area contributed by atoms with Gasteiger partial charge in [0.1, 0.15) is 12.4 Å². The van der Waals surface area contributed by atoms with Crippen molar-refractivity contribution in [2.45, 2.75) is 53.0 Å². The van der Waals surface area contributed by atoms with E-state index in [-0.39, 0.29) is 30.3 Å². The van der Waals surface area contributed by atoms with Crippen molar-refractivity contribution in [3.63, 3.8) is 0 Å². The standard InChI is InChI=1S/C25H33ClN2O3S/c1-5-10-27(24(29)13-17(2)3)15-25(30)28-11-8-23-20(9-12-32-23)22(28)16-31-19-6-7-21(26)18(4)14-19/h6-7,9,12,14,17,22H,5,8,10-11,13,15-16H2,1-4H3/t22-/m0/s1. The van der Waals surface area contributed by atoms with Crippen LogP contribution in [0.3, 0.4) is 0 Å². The van der Waals surface area contributed by atoms with Crippen molar-refractivity contribution in [3.8, 4) is 5.75 Å². The van der Waals surface area contributed by atoms with E-state index >= 15 is 0 Å². The molecule has 1 aliphatic heterocycles. The fourth-order valence-corrected chi connectivity index (χ4v) is 5.10. The quantitative estimate of drug-likeness (QED) is 0.480. The SMILES string of the molecule is CCCN(CC(=O)N1CCc2sccc2[C@@H]1COc1ccc(Cl)c(C)c1)C(=O)CC(C)C. The van der Waals surface area contributed by atoms with Crippen LogP contribution in [0.1, 0.15) is 55.7 Å². The Kier molecular flexibility index (Phi) is 8.60. The molecule has 0 bridgehead atoms. The van der Waals surface area contributed by atoms with Gasteiger partial charge in [-0.15, -0.1) is 11.3 Å². The summed E-state index contributed by atoms with van der Waals surface area (Å²) in [6, 6.07) is 7.52. The van der Waals surface area contributed by atoms with Crippen molar-refractivity contribution in [3.05, 3.63) is 50.7 Å². The van der Waals surface area contributed by atoms with Crippen LogP contribution in [0.15, 0.2) is 29.6 Å². The molecule has 0 saturated carbocycles. The number of benzene rings is 1.